The third-order valence-corrected chi connectivity index (χ3v) is 3.37. The van der Waals surface area contributed by atoms with Crippen LogP contribution in [0.25, 0.3) is 10.9 Å². The van der Waals surface area contributed by atoms with Gasteiger partial charge in [-0.1, -0.05) is 18.2 Å². The molecule has 0 radical (unpaired) electrons. The quantitative estimate of drug-likeness (QED) is 0.879. The van der Waals surface area contributed by atoms with Crippen LogP contribution >= 0.6 is 0 Å². The summed E-state index contributed by atoms with van der Waals surface area (Å²) in [6, 6.07) is 10.2. The van der Waals surface area contributed by atoms with Gasteiger partial charge in [0.15, 0.2) is 0 Å². The predicted molar refractivity (Wildman–Crippen MR) is 74.4 cm³/mol. The Labute approximate surface area is 108 Å². The highest BCUT2D eigenvalue weighted by Gasteiger charge is 2.11. The van der Waals surface area contributed by atoms with Gasteiger partial charge >= 0.3 is 0 Å². The fourth-order valence-corrected chi connectivity index (χ4v) is 2.14. The van der Waals surface area contributed by atoms with Crippen molar-refractivity contribution in [3.63, 3.8) is 0 Å². The van der Waals surface area contributed by atoms with Gasteiger partial charge in [0, 0.05) is 24.7 Å². The van der Waals surface area contributed by atoms with Crippen LogP contribution in [-0.4, -0.2) is 18.2 Å². The van der Waals surface area contributed by atoms with E-state index < -0.39 is 0 Å². The molecule has 2 atom stereocenters. The number of rotatable bonds is 5. The lowest BCUT2D eigenvalue weighted by Gasteiger charge is -2.16. The van der Waals surface area contributed by atoms with Gasteiger partial charge in [-0.05, 0) is 37.5 Å². The van der Waals surface area contributed by atoms with Crippen molar-refractivity contribution in [1.82, 2.24) is 4.98 Å². The molecule has 0 fully saturated rings. The van der Waals surface area contributed by atoms with E-state index in [1.54, 1.807) is 7.11 Å². The molecule has 1 aromatic carbocycles. The summed E-state index contributed by atoms with van der Waals surface area (Å²) in [6.45, 7) is 2.07. The third-order valence-electron chi connectivity index (χ3n) is 3.37. The summed E-state index contributed by atoms with van der Waals surface area (Å²) in [5, 5.41) is 1.15. The Kier molecular flexibility index (Phi) is 4.28. The van der Waals surface area contributed by atoms with Crippen LogP contribution in [0.1, 0.15) is 31.4 Å². The van der Waals surface area contributed by atoms with Crippen molar-refractivity contribution in [2.75, 3.05) is 7.11 Å². The minimum atomic E-state index is 0.0375. The Balaban J connectivity index is 2.19. The molecular weight excluding hydrogens is 224 g/mol. The van der Waals surface area contributed by atoms with Gasteiger partial charge in [-0.15, -0.1) is 0 Å². The second kappa shape index (κ2) is 5.94. The Hall–Kier alpha value is -1.45. The first-order valence-electron chi connectivity index (χ1n) is 6.34. The van der Waals surface area contributed by atoms with E-state index in [2.05, 4.69) is 24.0 Å². The van der Waals surface area contributed by atoms with E-state index in [0.29, 0.717) is 0 Å². The van der Waals surface area contributed by atoms with Crippen molar-refractivity contribution in [1.29, 1.82) is 0 Å². The minimum Gasteiger partial charge on any atom is -0.382 e. The molecule has 0 aliphatic carbocycles. The summed E-state index contributed by atoms with van der Waals surface area (Å²) in [5.74, 6) is 0. The van der Waals surface area contributed by atoms with Crippen molar-refractivity contribution in [2.45, 2.75) is 31.9 Å². The van der Waals surface area contributed by atoms with Crippen molar-refractivity contribution in [2.24, 2.45) is 5.73 Å². The van der Waals surface area contributed by atoms with E-state index in [9.17, 15) is 0 Å². The number of nitrogens with two attached hydrogens (primary N) is 1. The van der Waals surface area contributed by atoms with Crippen LogP contribution in [0, 0.1) is 0 Å². The first-order chi connectivity index (χ1) is 8.72. The zero-order valence-electron chi connectivity index (χ0n) is 11.0. The van der Waals surface area contributed by atoms with E-state index in [1.165, 1.54) is 5.56 Å². The van der Waals surface area contributed by atoms with Gasteiger partial charge in [0.1, 0.15) is 0 Å². The van der Waals surface area contributed by atoms with Crippen LogP contribution in [0.15, 0.2) is 36.5 Å². The topological polar surface area (TPSA) is 48.1 Å². The van der Waals surface area contributed by atoms with Crippen LogP contribution in [0.3, 0.4) is 0 Å². The molecule has 3 heteroatoms. The molecule has 0 spiro atoms. The van der Waals surface area contributed by atoms with Gasteiger partial charge in [0.2, 0.25) is 0 Å². The second-order valence-corrected chi connectivity index (χ2v) is 4.65. The number of hydrogen-bond donors (Lipinski definition) is 1. The number of hydrogen-bond acceptors (Lipinski definition) is 3. The molecule has 2 unspecified atom stereocenters. The summed E-state index contributed by atoms with van der Waals surface area (Å²) in [5.41, 5.74) is 8.46. The maximum atomic E-state index is 6.28. The van der Waals surface area contributed by atoms with E-state index in [1.807, 2.05) is 24.4 Å². The highest BCUT2D eigenvalue weighted by Crippen LogP contribution is 2.24. The molecule has 2 aromatic rings. The second-order valence-electron chi connectivity index (χ2n) is 4.65. The summed E-state index contributed by atoms with van der Waals surface area (Å²) >= 11 is 0. The first-order valence-corrected chi connectivity index (χ1v) is 6.34. The van der Waals surface area contributed by atoms with Gasteiger partial charge in [0.25, 0.3) is 0 Å². The minimum absolute atomic E-state index is 0.0375. The number of benzene rings is 1. The van der Waals surface area contributed by atoms with Crippen molar-refractivity contribution in [3.05, 3.63) is 42.1 Å². The first kappa shape index (κ1) is 13.0. The van der Waals surface area contributed by atoms with Crippen LogP contribution in [-0.2, 0) is 4.74 Å². The molecule has 3 nitrogen and oxygen atoms in total. The van der Waals surface area contributed by atoms with Gasteiger partial charge in [0.05, 0.1) is 11.6 Å². The van der Waals surface area contributed by atoms with Crippen LogP contribution < -0.4 is 5.73 Å². The molecule has 96 valence electrons. The Morgan fingerprint density at radius 2 is 2.06 bits per heavy atom. The zero-order chi connectivity index (χ0) is 13.0. The molecule has 1 aromatic heterocycles. The van der Waals surface area contributed by atoms with Crippen molar-refractivity contribution in [3.8, 4) is 0 Å². The van der Waals surface area contributed by atoms with Gasteiger partial charge in [-0.2, -0.15) is 0 Å². The van der Waals surface area contributed by atoms with Crippen molar-refractivity contribution < 1.29 is 4.74 Å². The Morgan fingerprint density at radius 1 is 1.22 bits per heavy atom. The third kappa shape index (κ3) is 2.86. The molecule has 2 rings (SSSR count). The molecule has 0 amide bonds. The van der Waals surface area contributed by atoms with Gasteiger partial charge in [-0.25, -0.2) is 0 Å². The van der Waals surface area contributed by atoms with Gasteiger partial charge in [-0.3, -0.25) is 4.98 Å². The SMILES string of the molecule is COC(C)CCC(N)c1cccc2ncccc12. The van der Waals surface area contributed by atoms with E-state index >= 15 is 0 Å². The number of pyridine rings is 1. The number of aromatic nitrogens is 1. The standard InChI is InChI=1S/C15H20N2O/c1-11(18-2)8-9-14(16)12-5-3-7-15-13(12)6-4-10-17-15/h3-7,10-11,14H,8-9,16H2,1-2H3. The summed E-state index contributed by atoms with van der Waals surface area (Å²) in [4.78, 5) is 4.36. The lowest BCUT2D eigenvalue weighted by Crippen LogP contribution is -2.14. The molecule has 0 saturated heterocycles. The molecule has 18 heavy (non-hydrogen) atoms. The summed E-state index contributed by atoms with van der Waals surface area (Å²) in [7, 11) is 1.73. The van der Waals surface area contributed by atoms with Crippen molar-refractivity contribution >= 4 is 10.9 Å². The fraction of sp³-hybridized carbons (Fsp3) is 0.400. The highest BCUT2D eigenvalue weighted by atomic mass is 16.5. The number of ether oxygens (including phenoxy) is 1. The molecule has 0 bridgehead atoms. The van der Waals surface area contributed by atoms with E-state index in [0.717, 1.165) is 23.7 Å². The highest BCUT2D eigenvalue weighted by molar-refractivity contribution is 5.82. The zero-order valence-corrected chi connectivity index (χ0v) is 11.0. The fourth-order valence-electron chi connectivity index (χ4n) is 2.14. The molecular formula is C15H20N2O. The Morgan fingerprint density at radius 3 is 2.83 bits per heavy atom. The Bertz CT molecular complexity index is 507. The number of fused-ring (bicyclic) bond motifs is 1. The molecule has 2 N–H and O–H groups in total. The summed E-state index contributed by atoms with van der Waals surface area (Å²) < 4.78 is 5.26. The molecule has 0 saturated carbocycles. The average molecular weight is 244 g/mol. The smallest absolute Gasteiger partial charge is 0.0705 e. The van der Waals surface area contributed by atoms with Crippen LogP contribution in [0.2, 0.25) is 0 Å². The molecule has 1 heterocycles. The maximum Gasteiger partial charge on any atom is 0.0705 e. The van der Waals surface area contributed by atoms with E-state index in [-0.39, 0.29) is 12.1 Å². The number of nitrogens with zero attached hydrogens (tertiary/aromatic N) is 1. The molecule has 0 aliphatic rings. The predicted octanol–water partition coefficient (Wildman–Crippen LogP) is 3.05. The van der Waals surface area contributed by atoms with Crippen LogP contribution in [0.5, 0.6) is 0 Å². The lowest BCUT2D eigenvalue weighted by molar-refractivity contribution is 0.107. The summed E-state index contributed by atoms with van der Waals surface area (Å²) in [6.07, 6.45) is 3.95. The monoisotopic (exact) mass is 244 g/mol. The average Bonchev–Trinajstić information content (AvgIpc) is 2.43. The number of methoxy groups -OCH3 is 1. The lowest BCUT2D eigenvalue weighted by atomic mass is 9.97. The van der Waals surface area contributed by atoms with Gasteiger partial charge < -0.3 is 10.5 Å². The molecule has 0 aliphatic heterocycles. The normalized spacial score (nSPS) is 14.6. The van der Waals surface area contributed by atoms with Crippen LogP contribution in [0.4, 0.5) is 0 Å². The maximum absolute atomic E-state index is 6.28. The van der Waals surface area contributed by atoms with E-state index in [4.69, 9.17) is 10.5 Å². The largest absolute Gasteiger partial charge is 0.382 e.